The molecular weight excluding hydrogens is 110 g/mol. The highest BCUT2D eigenvalue weighted by Gasteiger charge is 2.43. The van der Waals surface area contributed by atoms with E-state index in [0.717, 1.165) is 0 Å². The molecule has 0 aromatic carbocycles. The third kappa shape index (κ3) is 0.644. The molecule has 52 valence electrons. The van der Waals surface area contributed by atoms with E-state index in [1.54, 1.807) is 0 Å². The minimum atomic E-state index is 0.708. The average Bonchev–Trinajstić information content (AvgIpc) is 2.07. The van der Waals surface area contributed by atoms with Crippen LogP contribution in [0.3, 0.4) is 0 Å². The van der Waals surface area contributed by atoms with Gasteiger partial charge in [0.1, 0.15) is 0 Å². The summed E-state index contributed by atoms with van der Waals surface area (Å²) in [6, 6.07) is 0. The summed E-state index contributed by atoms with van der Waals surface area (Å²) in [5.41, 5.74) is 0.708. The maximum Gasteiger partial charge on any atom is 0.0207 e. The monoisotopic (exact) mass is 125 g/mol. The Morgan fingerprint density at radius 1 is 1.11 bits per heavy atom. The van der Waals surface area contributed by atoms with Crippen LogP contribution in [0.1, 0.15) is 32.1 Å². The lowest BCUT2D eigenvalue weighted by Crippen LogP contribution is -2.46. The standard InChI is InChI=1S/C8H15N/c1-9-7-3-6-8(9)4-2-5-8/h2-7H2,1H3. The summed E-state index contributed by atoms with van der Waals surface area (Å²) >= 11 is 0. The molecule has 0 radical (unpaired) electrons. The summed E-state index contributed by atoms with van der Waals surface area (Å²) in [5, 5.41) is 0. The minimum absolute atomic E-state index is 0.708. The number of hydrogen-bond acceptors (Lipinski definition) is 1. The topological polar surface area (TPSA) is 3.24 Å². The molecule has 0 bridgehead atoms. The molecule has 1 aliphatic carbocycles. The lowest BCUT2D eigenvalue weighted by atomic mass is 9.75. The molecule has 0 aromatic rings. The molecule has 0 amide bonds. The van der Waals surface area contributed by atoms with Gasteiger partial charge >= 0.3 is 0 Å². The van der Waals surface area contributed by atoms with E-state index in [1.165, 1.54) is 38.6 Å². The first-order chi connectivity index (χ1) is 4.33. The van der Waals surface area contributed by atoms with Gasteiger partial charge in [0, 0.05) is 5.54 Å². The summed E-state index contributed by atoms with van der Waals surface area (Å²) in [6.45, 7) is 1.35. The van der Waals surface area contributed by atoms with Crippen LogP contribution in [0.15, 0.2) is 0 Å². The van der Waals surface area contributed by atoms with E-state index >= 15 is 0 Å². The van der Waals surface area contributed by atoms with Gasteiger partial charge in [-0.15, -0.1) is 0 Å². The summed E-state index contributed by atoms with van der Waals surface area (Å²) < 4.78 is 0. The normalized spacial score (nSPS) is 33.0. The van der Waals surface area contributed by atoms with Crippen molar-refractivity contribution in [1.82, 2.24) is 4.90 Å². The second-order valence-electron chi connectivity index (χ2n) is 3.60. The van der Waals surface area contributed by atoms with Crippen LogP contribution < -0.4 is 0 Å². The van der Waals surface area contributed by atoms with Gasteiger partial charge in [-0.2, -0.15) is 0 Å². The highest BCUT2D eigenvalue weighted by molar-refractivity contribution is 5.00. The van der Waals surface area contributed by atoms with Crippen LogP contribution in [0, 0.1) is 0 Å². The van der Waals surface area contributed by atoms with Crippen molar-refractivity contribution in [2.45, 2.75) is 37.6 Å². The molecule has 2 fully saturated rings. The van der Waals surface area contributed by atoms with E-state index in [4.69, 9.17) is 0 Å². The maximum absolute atomic E-state index is 2.57. The van der Waals surface area contributed by atoms with E-state index in [2.05, 4.69) is 11.9 Å². The fourth-order valence-corrected chi connectivity index (χ4v) is 2.29. The highest BCUT2D eigenvalue weighted by Crippen LogP contribution is 2.44. The van der Waals surface area contributed by atoms with Crippen LogP contribution in [0.25, 0.3) is 0 Å². The first kappa shape index (κ1) is 5.72. The molecule has 9 heavy (non-hydrogen) atoms. The molecule has 0 N–H and O–H groups in total. The van der Waals surface area contributed by atoms with Gasteiger partial charge in [-0.25, -0.2) is 0 Å². The van der Waals surface area contributed by atoms with E-state index in [0.29, 0.717) is 5.54 Å². The fraction of sp³-hybridized carbons (Fsp3) is 1.00. The molecule has 1 saturated heterocycles. The van der Waals surface area contributed by atoms with Crippen molar-refractivity contribution in [3.8, 4) is 0 Å². The molecule has 1 spiro atoms. The minimum Gasteiger partial charge on any atom is -0.301 e. The third-order valence-corrected chi connectivity index (χ3v) is 3.23. The smallest absolute Gasteiger partial charge is 0.0207 e. The molecule has 0 atom stereocenters. The largest absolute Gasteiger partial charge is 0.301 e. The van der Waals surface area contributed by atoms with Gasteiger partial charge in [0.2, 0.25) is 0 Å². The number of likely N-dealkylation sites (tertiary alicyclic amines) is 1. The Hall–Kier alpha value is -0.0400. The molecule has 1 heteroatoms. The van der Waals surface area contributed by atoms with Crippen molar-refractivity contribution in [2.75, 3.05) is 13.6 Å². The Kier molecular flexibility index (Phi) is 1.10. The van der Waals surface area contributed by atoms with Crippen LogP contribution in [0.4, 0.5) is 0 Å². The van der Waals surface area contributed by atoms with Gasteiger partial charge in [0.25, 0.3) is 0 Å². The van der Waals surface area contributed by atoms with Crippen LogP contribution in [-0.2, 0) is 0 Å². The van der Waals surface area contributed by atoms with Crippen molar-refractivity contribution in [1.29, 1.82) is 0 Å². The molecule has 1 aliphatic heterocycles. The van der Waals surface area contributed by atoms with Crippen molar-refractivity contribution in [3.63, 3.8) is 0 Å². The zero-order valence-electron chi connectivity index (χ0n) is 6.19. The summed E-state index contributed by atoms with van der Waals surface area (Å²) in [6.07, 6.45) is 7.34. The Morgan fingerprint density at radius 2 is 1.78 bits per heavy atom. The van der Waals surface area contributed by atoms with Crippen molar-refractivity contribution in [3.05, 3.63) is 0 Å². The number of rotatable bonds is 0. The predicted octanol–water partition coefficient (Wildman–Crippen LogP) is 1.63. The second-order valence-corrected chi connectivity index (χ2v) is 3.60. The quantitative estimate of drug-likeness (QED) is 0.475. The predicted molar refractivity (Wildman–Crippen MR) is 38.4 cm³/mol. The summed E-state index contributed by atoms with van der Waals surface area (Å²) in [5.74, 6) is 0. The Labute approximate surface area is 57.0 Å². The van der Waals surface area contributed by atoms with Crippen molar-refractivity contribution >= 4 is 0 Å². The van der Waals surface area contributed by atoms with E-state index < -0.39 is 0 Å². The summed E-state index contributed by atoms with van der Waals surface area (Å²) in [4.78, 5) is 2.57. The van der Waals surface area contributed by atoms with Gasteiger partial charge in [0.15, 0.2) is 0 Å². The molecule has 1 saturated carbocycles. The maximum atomic E-state index is 2.57. The first-order valence-corrected chi connectivity index (χ1v) is 4.05. The Morgan fingerprint density at radius 3 is 2.00 bits per heavy atom. The fourth-order valence-electron chi connectivity index (χ4n) is 2.29. The first-order valence-electron chi connectivity index (χ1n) is 4.05. The highest BCUT2D eigenvalue weighted by atomic mass is 15.2. The van der Waals surface area contributed by atoms with Gasteiger partial charge in [0.05, 0.1) is 0 Å². The number of nitrogens with zero attached hydrogens (tertiary/aromatic N) is 1. The average molecular weight is 125 g/mol. The van der Waals surface area contributed by atoms with E-state index in [9.17, 15) is 0 Å². The zero-order chi connectivity index (χ0) is 6.32. The van der Waals surface area contributed by atoms with Crippen LogP contribution in [-0.4, -0.2) is 24.0 Å². The van der Waals surface area contributed by atoms with Gasteiger partial charge in [-0.1, -0.05) is 0 Å². The van der Waals surface area contributed by atoms with Crippen LogP contribution >= 0.6 is 0 Å². The molecule has 1 nitrogen and oxygen atoms in total. The molecular formula is C8H15N. The molecule has 1 heterocycles. The zero-order valence-corrected chi connectivity index (χ0v) is 6.19. The Balaban J connectivity index is 2.09. The number of hydrogen-bond donors (Lipinski definition) is 0. The molecule has 0 aromatic heterocycles. The van der Waals surface area contributed by atoms with Crippen molar-refractivity contribution in [2.24, 2.45) is 0 Å². The van der Waals surface area contributed by atoms with Gasteiger partial charge in [-0.05, 0) is 45.7 Å². The Bertz CT molecular complexity index is 116. The van der Waals surface area contributed by atoms with Crippen molar-refractivity contribution < 1.29 is 0 Å². The molecule has 2 rings (SSSR count). The second kappa shape index (κ2) is 1.72. The molecule has 2 aliphatic rings. The third-order valence-electron chi connectivity index (χ3n) is 3.23. The van der Waals surface area contributed by atoms with Gasteiger partial charge < -0.3 is 4.90 Å². The van der Waals surface area contributed by atoms with Gasteiger partial charge in [-0.3, -0.25) is 0 Å². The van der Waals surface area contributed by atoms with Crippen LogP contribution in [0.5, 0.6) is 0 Å². The van der Waals surface area contributed by atoms with E-state index in [-0.39, 0.29) is 0 Å². The lowest BCUT2D eigenvalue weighted by molar-refractivity contribution is 0.0802. The molecule has 0 unspecified atom stereocenters. The van der Waals surface area contributed by atoms with Crippen LogP contribution in [0.2, 0.25) is 0 Å². The van der Waals surface area contributed by atoms with E-state index in [1.807, 2.05) is 0 Å². The summed E-state index contributed by atoms with van der Waals surface area (Å²) in [7, 11) is 2.28. The lowest BCUT2D eigenvalue weighted by Gasteiger charge is -2.44. The SMILES string of the molecule is CN1CCCC12CCC2.